The SMILES string of the molecule is C[C@H](NCCSc1ccccc1)C1CCCC1. The van der Waals surface area contributed by atoms with Crippen LogP contribution in [0.3, 0.4) is 0 Å². The van der Waals surface area contributed by atoms with E-state index in [1.165, 1.54) is 36.3 Å². The highest BCUT2D eigenvalue weighted by molar-refractivity contribution is 7.99. The zero-order chi connectivity index (χ0) is 11.9. The second-order valence-corrected chi connectivity index (χ2v) is 6.12. The molecule has 94 valence electrons. The molecule has 1 fully saturated rings. The summed E-state index contributed by atoms with van der Waals surface area (Å²) in [7, 11) is 0. The van der Waals surface area contributed by atoms with Gasteiger partial charge in [0.15, 0.2) is 0 Å². The van der Waals surface area contributed by atoms with Crippen LogP contribution in [0, 0.1) is 5.92 Å². The molecule has 0 unspecified atom stereocenters. The molecular formula is C15H23NS. The lowest BCUT2D eigenvalue weighted by atomic mass is 10.00. The predicted molar refractivity (Wildman–Crippen MR) is 76.6 cm³/mol. The zero-order valence-corrected chi connectivity index (χ0v) is 11.5. The van der Waals surface area contributed by atoms with Crippen LogP contribution in [0.1, 0.15) is 32.6 Å². The van der Waals surface area contributed by atoms with E-state index in [0.29, 0.717) is 6.04 Å². The molecule has 0 radical (unpaired) electrons. The molecule has 1 saturated carbocycles. The van der Waals surface area contributed by atoms with Crippen molar-refractivity contribution in [3.63, 3.8) is 0 Å². The Morgan fingerprint density at radius 2 is 1.94 bits per heavy atom. The maximum Gasteiger partial charge on any atom is 0.0106 e. The fourth-order valence-electron chi connectivity index (χ4n) is 2.60. The molecule has 0 amide bonds. The first-order valence-electron chi connectivity index (χ1n) is 6.77. The molecule has 1 nitrogen and oxygen atoms in total. The molecule has 1 aliphatic carbocycles. The van der Waals surface area contributed by atoms with Crippen LogP contribution in [-0.4, -0.2) is 18.3 Å². The van der Waals surface area contributed by atoms with Gasteiger partial charge >= 0.3 is 0 Å². The predicted octanol–water partition coefficient (Wildman–Crippen LogP) is 3.95. The van der Waals surface area contributed by atoms with Gasteiger partial charge in [-0.3, -0.25) is 0 Å². The van der Waals surface area contributed by atoms with E-state index in [1.807, 2.05) is 11.8 Å². The molecule has 2 heteroatoms. The highest BCUT2D eigenvalue weighted by Gasteiger charge is 2.20. The second-order valence-electron chi connectivity index (χ2n) is 4.95. The number of thioether (sulfide) groups is 1. The van der Waals surface area contributed by atoms with Crippen molar-refractivity contribution >= 4 is 11.8 Å². The molecule has 17 heavy (non-hydrogen) atoms. The van der Waals surface area contributed by atoms with Gasteiger partial charge in [-0.2, -0.15) is 0 Å². The van der Waals surface area contributed by atoms with Gasteiger partial charge in [0.25, 0.3) is 0 Å². The molecule has 1 N–H and O–H groups in total. The molecule has 0 bridgehead atoms. The third kappa shape index (κ3) is 4.36. The highest BCUT2D eigenvalue weighted by atomic mass is 32.2. The summed E-state index contributed by atoms with van der Waals surface area (Å²) in [5.74, 6) is 2.10. The van der Waals surface area contributed by atoms with Crippen LogP contribution < -0.4 is 5.32 Å². The molecular weight excluding hydrogens is 226 g/mol. The normalized spacial score (nSPS) is 18.4. The van der Waals surface area contributed by atoms with Crippen LogP contribution in [0.4, 0.5) is 0 Å². The average molecular weight is 249 g/mol. The van der Waals surface area contributed by atoms with Crippen molar-refractivity contribution in [2.45, 2.75) is 43.5 Å². The second kappa shape index (κ2) is 7.07. The van der Waals surface area contributed by atoms with Gasteiger partial charge in [0, 0.05) is 23.2 Å². The van der Waals surface area contributed by atoms with Gasteiger partial charge < -0.3 is 5.32 Å². The molecule has 2 rings (SSSR count). The van der Waals surface area contributed by atoms with Gasteiger partial charge in [-0.25, -0.2) is 0 Å². The van der Waals surface area contributed by atoms with Crippen molar-refractivity contribution in [2.24, 2.45) is 5.92 Å². The van der Waals surface area contributed by atoms with Crippen molar-refractivity contribution < 1.29 is 0 Å². The van der Waals surface area contributed by atoms with Crippen molar-refractivity contribution in [2.75, 3.05) is 12.3 Å². The van der Waals surface area contributed by atoms with Crippen molar-refractivity contribution in [1.82, 2.24) is 5.32 Å². The summed E-state index contributed by atoms with van der Waals surface area (Å²) in [4.78, 5) is 1.38. The van der Waals surface area contributed by atoms with Gasteiger partial charge in [0.1, 0.15) is 0 Å². The molecule has 1 aromatic rings. The van der Waals surface area contributed by atoms with Gasteiger partial charge in [-0.1, -0.05) is 31.0 Å². The smallest absolute Gasteiger partial charge is 0.0106 e. The van der Waals surface area contributed by atoms with Crippen LogP contribution in [0.5, 0.6) is 0 Å². The van der Waals surface area contributed by atoms with E-state index >= 15 is 0 Å². The van der Waals surface area contributed by atoms with Crippen molar-refractivity contribution in [3.05, 3.63) is 30.3 Å². The Balaban J connectivity index is 1.59. The molecule has 1 atom stereocenters. The minimum absolute atomic E-state index is 0.703. The number of nitrogens with one attached hydrogen (secondary N) is 1. The fourth-order valence-corrected chi connectivity index (χ4v) is 3.40. The third-order valence-corrected chi connectivity index (χ3v) is 4.70. The highest BCUT2D eigenvalue weighted by Crippen LogP contribution is 2.27. The lowest BCUT2D eigenvalue weighted by molar-refractivity contribution is 0.390. The van der Waals surface area contributed by atoms with E-state index < -0.39 is 0 Å². The van der Waals surface area contributed by atoms with Gasteiger partial charge in [-0.15, -0.1) is 11.8 Å². The van der Waals surface area contributed by atoms with E-state index in [1.54, 1.807) is 0 Å². The Morgan fingerprint density at radius 1 is 1.24 bits per heavy atom. The van der Waals surface area contributed by atoms with E-state index in [0.717, 1.165) is 12.5 Å². The summed E-state index contributed by atoms with van der Waals surface area (Å²) in [6, 6.07) is 11.4. The van der Waals surface area contributed by atoms with Crippen molar-refractivity contribution in [3.8, 4) is 0 Å². The van der Waals surface area contributed by atoms with Gasteiger partial charge in [0.2, 0.25) is 0 Å². The zero-order valence-electron chi connectivity index (χ0n) is 10.7. The molecule has 0 saturated heterocycles. The summed E-state index contributed by atoms with van der Waals surface area (Å²) in [6.07, 6.45) is 5.74. The van der Waals surface area contributed by atoms with Gasteiger partial charge in [-0.05, 0) is 37.8 Å². The van der Waals surface area contributed by atoms with E-state index in [-0.39, 0.29) is 0 Å². The Labute approximate surface area is 109 Å². The Morgan fingerprint density at radius 3 is 2.65 bits per heavy atom. The maximum atomic E-state index is 3.67. The van der Waals surface area contributed by atoms with Crippen molar-refractivity contribution in [1.29, 1.82) is 0 Å². The van der Waals surface area contributed by atoms with Gasteiger partial charge in [0.05, 0.1) is 0 Å². The lowest BCUT2D eigenvalue weighted by Gasteiger charge is -2.20. The van der Waals surface area contributed by atoms with Crippen LogP contribution in [0.25, 0.3) is 0 Å². The summed E-state index contributed by atoms with van der Waals surface area (Å²) in [5.41, 5.74) is 0. The largest absolute Gasteiger partial charge is 0.313 e. The minimum Gasteiger partial charge on any atom is -0.313 e. The quantitative estimate of drug-likeness (QED) is 0.605. The first-order chi connectivity index (χ1) is 8.36. The van der Waals surface area contributed by atoms with E-state index in [4.69, 9.17) is 0 Å². The maximum absolute atomic E-state index is 3.67. The summed E-state index contributed by atoms with van der Waals surface area (Å²) >= 11 is 1.94. The van der Waals surface area contributed by atoms with Crippen LogP contribution in [0.15, 0.2) is 35.2 Å². The Hall–Kier alpha value is -0.470. The molecule has 1 aliphatic rings. The van der Waals surface area contributed by atoms with Crippen LogP contribution in [0.2, 0.25) is 0 Å². The molecule has 0 aromatic heterocycles. The number of hydrogen-bond donors (Lipinski definition) is 1. The Kier molecular flexibility index (Phi) is 5.40. The van der Waals surface area contributed by atoms with E-state index in [9.17, 15) is 0 Å². The Bertz CT molecular complexity index is 306. The number of hydrogen-bond acceptors (Lipinski definition) is 2. The van der Waals surface area contributed by atoms with Crippen LogP contribution >= 0.6 is 11.8 Å². The topological polar surface area (TPSA) is 12.0 Å². The first kappa shape index (κ1) is 13.0. The summed E-state index contributed by atoms with van der Waals surface area (Å²) < 4.78 is 0. The average Bonchev–Trinajstić information content (AvgIpc) is 2.89. The molecule has 0 heterocycles. The monoisotopic (exact) mass is 249 g/mol. The first-order valence-corrected chi connectivity index (χ1v) is 7.76. The summed E-state index contributed by atoms with van der Waals surface area (Å²) in [6.45, 7) is 3.47. The van der Waals surface area contributed by atoms with E-state index in [2.05, 4.69) is 42.6 Å². The standard InChI is InChI=1S/C15H23NS/c1-13(14-7-5-6-8-14)16-11-12-17-15-9-3-2-4-10-15/h2-4,9-10,13-14,16H,5-8,11-12H2,1H3/t13-/m0/s1. The molecule has 0 aliphatic heterocycles. The third-order valence-electron chi connectivity index (χ3n) is 3.69. The van der Waals surface area contributed by atoms with Crippen LogP contribution in [-0.2, 0) is 0 Å². The molecule has 0 spiro atoms. The number of benzene rings is 1. The minimum atomic E-state index is 0.703. The fraction of sp³-hybridized carbons (Fsp3) is 0.600. The molecule has 1 aromatic carbocycles. The lowest BCUT2D eigenvalue weighted by Crippen LogP contribution is -2.33. The summed E-state index contributed by atoms with van der Waals surface area (Å²) in [5, 5.41) is 3.67. The number of rotatable bonds is 6.